The number of alkyl halides is 3. The number of rotatable bonds is 1. The highest BCUT2D eigenvalue weighted by Gasteiger charge is 2.39. The molecular formula is C9H12F3N3. The second kappa shape index (κ2) is 3.52. The van der Waals surface area contributed by atoms with E-state index in [2.05, 4.69) is 4.98 Å². The van der Waals surface area contributed by atoms with E-state index in [1.165, 1.54) is 10.8 Å². The van der Waals surface area contributed by atoms with Crippen LogP contribution in [-0.4, -0.2) is 16.1 Å². The maximum atomic E-state index is 12.6. The third-order valence-electron chi connectivity index (χ3n) is 2.73. The summed E-state index contributed by atoms with van der Waals surface area (Å²) in [5.74, 6) is -0.812. The van der Waals surface area contributed by atoms with E-state index in [1.54, 1.807) is 0 Å². The maximum Gasteiger partial charge on any atom is 0.449 e. The maximum absolute atomic E-state index is 12.6. The van der Waals surface area contributed by atoms with Gasteiger partial charge in [0.1, 0.15) is 0 Å². The third-order valence-corrected chi connectivity index (χ3v) is 2.73. The molecule has 0 fully saturated rings. The van der Waals surface area contributed by atoms with Crippen LogP contribution in [0.3, 0.4) is 0 Å². The molecule has 0 saturated heterocycles. The van der Waals surface area contributed by atoms with Crippen LogP contribution in [0.2, 0.25) is 0 Å². The molecule has 0 radical (unpaired) electrons. The van der Waals surface area contributed by atoms with Gasteiger partial charge in [0.2, 0.25) is 5.82 Å². The van der Waals surface area contributed by atoms with Crippen LogP contribution in [-0.2, 0) is 12.6 Å². The lowest BCUT2D eigenvalue weighted by Gasteiger charge is -2.26. The van der Waals surface area contributed by atoms with Crippen LogP contribution >= 0.6 is 0 Å². The largest absolute Gasteiger partial charge is 0.449 e. The molecule has 0 aromatic carbocycles. The van der Waals surface area contributed by atoms with Crippen LogP contribution in [0.1, 0.15) is 30.4 Å². The van der Waals surface area contributed by atoms with Crippen molar-refractivity contribution < 1.29 is 13.2 Å². The molecule has 1 atom stereocenters. The molecule has 0 saturated carbocycles. The Labute approximate surface area is 85.1 Å². The van der Waals surface area contributed by atoms with Gasteiger partial charge in [-0.3, -0.25) is 0 Å². The Balaban J connectivity index is 2.47. The molecule has 2 N–H and O–H groups in total. The molecular weight excluding hydrogens is 207 g/mol. The lowest BCUT2D eigenvalue weighted by Crippen LogP contribution is -2.28. The number of nitrogens with zero attached hydrogens (tertiary/aromatic N) is 2. The van der Waals surface area contributed by atoms with E-state index >= 15 is 0 Å². The molecule has 0 bridgehead atoms. The first-order valence-electron chi connectivity index (χ1n) is 4.87. The predicted molar refractivity (Wildman–Crippen MR) is 48.3 cm³/mol. The van der Waals surface area contributed by atoms with Gasteiger partial charge in [-0.25, -0.2) is 4.98 Å². The summed E-state index contributed by atoms with van der Waals surface area (Å²) in [6.07, 6.45) is -0.846. The number of hydrogen-bond acceptors (Lipinski definition) is 2. The topological polar surface area (TPSA) is 43.8 Å². The minimum Gasteiger partial charge on any atom is -0.328 e. The van der Waals surface area contributed by atoms with E-state index in [9.17, 15) is 13.2 Å². The average Bonchev–Trinajstić information content (AvgIpc) is 2.59. The second-order valence-electron chi connectivity index (χ2n) is 3.72. The van der Waals surface area contributed by atoms with E-state index in [4.69, 9.17) is 5.73 Å². The van der Waals surface area contributed by atoms with E-state index in [1.807, 2.05) is 0 Å². The lowest BCUT2D eigenvalue weighted by molar-refractivity contribution is -0.148. The van der Waals surface area contributed by atoms with Crippen molar-refractivity contribution in [3.63, 3.8) is 0 Å². The van der Waals surface area contributed by atoms with Gasteiger partial charge in [-0.15, -0.1) is 0 Å². The lowest BCUT2D eigenvalue weighted by atomic mass is 10.0. The van der Waals surface area contributed by atoms with Crippen LogP contribution < -0.4 is 5.73 Å². The fourth-order valence-corrected chi connectivity index (χ4v) is 2.07. The molecule has 0 aliphatic carbocycles. The fraction of sp³-hybridized carbons (Fsp3) is 0.667. The van der Waals surface area contributed by atoms with Crippen molar-refractivity contribution in [1.82, 2.24) is 9.55 Å². The van der Waals surface area contributed by atoms with Crippen LogP contribution in [0.25, 0.3) is 0 Å². The molecule has 1 aromatic heterocycles. The summed E-state index contributed by atoms with van der Waals surface area (Å²) in [6, 6.07) is -0.257. The van der Waals surface area contributed by atoms with Gasteiger partial charge in [-0.1, -0.05) is 0 Å². The number of aryl methyl sites for hydroxylation is 1. The average molecular weight is 219 g/mol. The molecule has 15 heavy (non-hydrogen) atoms. The molecule has 2 rings (SSSR count). The Kier molecular flexibility index (Phi) is 2.46. The molecule has 1 unspecified atom stereocenters. The fourth-order valence-electron chi connectivity index (χ4n) is 2.07. The molecule has 1 aliphatic heterocycles. The van der Waals surface area contributed by atoms with Gasteiger partial charge >= 0.3 is 6.18 Å². The molecule has 1 aliphatic rings. The van der Waals surface area contributed by atoms with Gasteiger partial charge in [-0.2, -0.15) is 13.2 Å². The summed E-state index contributed by atoms with van der Waals surface area (Å²) in [6.45, 7) is 0.229. The summed E-state index contributed by atoms with van der Waals surface area (Å²) in [7, 11) is 0. The number of hydrogen-bond donors (Lipinski definition) is 1. The molecule has 0 amide bonds. The van der Waals surface area contributed by atoms with E-state index in [-0.39, 0.29) is 12.6 Å². The number of aromatic nitrogens is 2. The van der Waals surface area contributed by atoms with Crippen molar-refractivity contribution in [3.05, 3.63) is 17.7 Å². The standard InChI is InChI=1S/C9H12F3N3/c10-9(11,12)8-14-5-7-3-1-2-6(4-13)15(7)8/h5-6H,1-4,13H2. The zero-order valence-electron chi connectivity index (χ0n) is 8.09. The number of halogens is 3. The third kappa shape index (κ3) is 1.73. The second-order valence-corrected chi connectivity index (χ2v) is 3.72. The SMILES string of the molecule is NCC1CCCc2cnc(C(F)(F)F)n21. The number of fused-ring (bicyclic) bond motifs is 1. The molecule has 3 nitrogen and oxygen atoms in total. The van der Waals surface area contributed by atoms with E-state index < -0.39 is 12.0 Å². The molecule has 1 aromatic rings. The van der Waals surface area contributed by atoms with Crippen LogP contribution in [0.5, 0.6) is 0 Å². The van der Waals surface area contributed by atoms with Crippen molar-refractivity contribution in [2.45, 2.75) is 31.5 Å². The first-order valence-corrected chi connectivity index (χ1v) is 4.87. The van der Waals surface area contributed by atoms with Crippen LogP contribution in [0.15, 0.2) is 6.20 Å². The first-order chi connectivity index (χ1) is 7.04. The summed E-state index contributed by atoms with van der Waals surface area (Å²) < 4.78 is 39.0. The zero-order chi connectivity index (χ0) is 11.1. The minimum absolute atomic E-state index is 0.229. The van der Waals surface area contributed by atoms with Crippen molar-refractivity contribution in [2.75, 3.05) is 6.54 Å². The van der Waals surface area contributed by atoms with Crippen molar-refractivity contribution in [1.29, 1.82) is 0 Å². The van der Waals surface area contributed by atoms with Gasteiger partial charge in [-0.05, 0) is 19.3 Å². The quantitative estimate of drug-likeness (QED) is 0.781. The van der Waals surface area contributed by atoms with Crippen LogP contribution in [0.4, 0.5) is 13.2 Å². The Morgan fingerprint density at radius 1 is 1.53 bits per heavy atom. The summed E-state index contributed by atoms with van der Waals surface area (Å²) in [5, 5.41) is 0. The van der Waals surface area contributed by atoms with Gasteiger partial charge in [0.15, 0.2) is 0 Å². The Morgan fingerprint density at radius 3 is 2.87 bits per heavy atom. The smallest absolute Gasteiger partial charge is 0.328 e. The summed E-state index contributed by atoms with van der Waals surface area (Å²) >= 11 is 0. The number of imidazole rings is 1. The van der Waals surface area contributed by atoms with Crippen molar-refractivity contribution in [3.8, 4) is 0 Å². The Bertz CT molecular complexity index is 356. The van der Waals surface area contributed by atoms with Gasteiger partial charge < -0.3 is 10.3 Å². The monoisotopic (exact) mass is 219 g/mol. The normalized spacial score (nSPS) is 21.5. The molecule has 0 spiro atoms. The Morgan fingerprint density at radius 2 is 2.27 bits per heavy atom. The van der Waals surface area contributed by atoms with Gasteiger partial charge in [0, 0.05) is 24.5 Å². The highest BCUT2D eigenvalue weighted by molar-refractivity contribution is 5.12. The van der Waals surface area contributed by atoms with Crippen molar-refractivity contribution in [2.24, 2.45) is 5.73 Å². The highest BCUT2D eigenvalue weighted by atomic mass is 19.4. The zero-order valence-corrected chi connectivity index (χ0v) is 8.09. The predicted octanol–water partition coefficient (Wildman–Crippen LogP) is 1.74. The highest BCUT2D eigenvalue weighted by Crippen LogP contribution is 2.34. The van der Waals surface area contributed by atoms with Gasteiger partial charge in [0.05, 0.1) is 0 Å². The molecule has 6 heteroatoms. The number of nitrogens with two attached hydrogens (primary N) is 1. The summed E-state index contributed by atoms with van der Waals surface area (Å²) in [5.41, 5.74) is 6.12. The molecule has 2 heterocycles. The molecule has 84 valence electrons. The van der Waals surface area contributed by atoms with Crippen molar-refractivity contribution >= 4 is 0 Å². The van der Waals surface area contributed by atoms with Gasteiger partial charge in [0.25, 0.3) is 0 Å². The van der Waals surface area contributed by atoms with E-state index in [0.29, 0.717) is 18.5 Å². The minimum atomic E-state index is -4.39. The van der Waals surface area contributed by atoms with E-state index in [0.717, 1.165) is 6.42 Å². The summed E-state index contributed by atoms with van der Waals surface area (Å²) in [4.78, 5) is 3.45. The Hall–Kier alpha value is -1.04. The first kappa shape index (κ1) is 10.5. The van der Waals surface area contributed by atoms with Crippen LogP contribution in [0, 0.1) is 0 Å².